The van der Waals surface area contributed by atoms with Crippen molar-refractivity contribution in [3.8, 4) is 0 Å². The molecule has 2 N–H and O–H groups in total. The zero-order valence-electron chi connectivity index (χ0n) is 15.0. The zero-order valence-corrected chi connectivity index (χ0v) is 15.8. The molecule has 2 rings (SSSR count). The molecule has 0 amide bonds. The van der Waals surface area contributed by atoms with E-state index < -0.39 is 10.0 Å². The molecule has 1 aromatic heterocycles. The van der Waals surface area contributed by atoms with Crippen LogP contribution in [0.15, 0.2) is 29.4 Å². The summed E-state index contributed by atoms with van der Waals surface area (Å²) in [6, 6.07) is 5.76. The number of aliphatic imine (C=N–C) groups is 1. The Morgan fingerprint density at radius 1 is 1.16 bits per heavy atom. The van der Waals surface area contributed by atoms with E-state index in [0.29, 0.717) is 32.1 Å². The number of sulfonamides is 1. The van der Waals surface area contributed by atoms with Gasteiger partial charge in [0.1, 0.15) is 5.82 Å². The van der Waals surface area contributed by atoms with E-state index in [1.807, 2.05) is 32.0 Å². The van der Waals surface area contributed by atoms with E-state index in [1.165, 1.54) is 0 Å². The number of hydrogen-bond acceptors (Lipinski definition) is 5. The molecule has 0 radical (unpaired) electrons. The molecule has 1 saturated heterocycles. The molecule has 1 aliphatic rings. The number of rotatable bonds is 7. The molecule has 1 aromatic rings. The van der Waals surface area contributed by atoms with E-state index in [0.717, 1.165) is 18.9 Å². The Labute approximate surface area is 150 Å². The standard InChI is InChI=1S/C16H28N6O2S/c1-3-17-16(18-4-2)20-9-14-25(23,24)22-12-10-21(11-13-22)15-7-5-6-8-19-15/h5-8H,3-4,9-14H2,1-2H3,(H2,17,18,20). The van der Waals surface area contributed by atoms with Gasteiger partial charge >= 0.3 is 0 Å². The highest BCUT2D eigenvalue weighted by Crippen LogP contribution is 2.14. The second kappa shape index (κ2) is 9.57. The Bertz CT molecular complexity index is 634. The smallest absolute Gasteiger partial charge is 0.216 e. The average Bonchev–Trinajstić information content (AvgIpc) is 2.63. The molecular weight excluding hydrogens is 340 g/mol. The first-order chi connectivity index (χ1) is 12.1. The van der Waals surface area contributed by atoms with Crippen LogP contribution >= 0.6 is 0 Å². The van der Waals surface area contributed by atoms with Crippen LogP contribution in [0, 0.1) is 0 Å². The van der Waals surface area contributed by atoms with Crippen LogP contribution in [0.3, 0.4) is 0 Å². The number of piperazine rings is 1. The first-order valence-corrected chi connectivity index (χ1v) is 10.3. The highest BCUT2D eigenvalue weighted by Gasteiger charge is 2.26. The maximum Gasteiger partial charge on any atom is 0.216 e. The number of anilines is 1. The van der Waals surface area contributed by atoms with Crippen molar-refractivity contribution in [2.75, 3.05) is 56.5 Å². The van der Waals surface area contributed by atoms with Gasteiger partial charge in [-0.3, -0.25) is 4.99 Å². The summed E-state index contributed by atoms with van der Waals surface area (Å²) in [4.78, 5) is 10.7. The summed E-state index contributed by atoms with van der Waals surface area (Å²) in [5.74, 6) is 1.57. The minimum absolute atomic E-state index is 0.0247. The minimum Gasteiger partial charge on any atom is -0.357 e. The van der Waals surface area contributed by atoms with Gasteiger partial charge in [-0.05, 0) is 26.0 Å². The molecule has 1 fully saturated rings. The molecule has 0 atom stereocenters. The molecule has 0 saturated carbocycles. The molecule has 8 nitrogen and oxygen atoms in total. The van der Waals surface area contributed by atoms with E-state index >= 15 is 0 Å². The molecule has 0 spiro atoms. The van der Waals surface area contributed by atoms with E-state index in [1.54, 1.807) is 10.5 Å². The van der Waals surface area contributed by atoms with Gasteiger partial charge in [0, 0.05) is 45.5 Å². The number of guanidine groups is 1. The van der Waals surface area contributed by atoms with Gasteiger partial charge in [0.05, 0.1) is 12.3 Å². The summed E-state index contributed by atoms with van der Waals surface area (Å²) in [6.07, 6.45) is 1.75. The van der Waals surface area contributed by atoms with Crippen LogP contribution in [0.4, 0.5) is 5.82 Å². The third-order valence-electron chi connectivity index (χ3n) is 3.91. The van der Waals surface area contributed by atoms with Crippen LogP contribution in [-0.4, -0.2) is 75.2 Å². The highest BCUT2D eigenvalue weighted by atomic mass is 32.2. The van der Waals surface area contributed by atoms with Crippen molar-refractivity contribution in [1.29, 1.82) is 0 Å². The van der Waals surface area contributed by atoms with E-state index in [2.05, 4.69) is 25.5 Å². The number of pyridine rings is 1. The van der Waals surface area contributed by atoms with Crippen LogP contribution in [0.2, 0.25) is 0 Å². The molecule has 1 aliphatic heterocycles. The Hall–Kier alpha value is -1.87. The zero-order chi connectivity index (χ0) is 18.1. The van der Waals surface area contributed by atoms with Crippen molar-refractivity contribution in [3.63, 3.8) is 0 Å². The summed E-state index contributed by atoms with van der Waals surface area (Å²) in [5, 5.41) is 6.18. The summed E-state index contributed by atoms with van der Waals surface area (Å²) in [6.45, 7) is 7.96. The lowest BCUT2D eigenvalue weighted by Crippen LogP contribution is -2.49. The van der Waals surface area contributed by atoms with E-state index in [9.17, 15) is 8.42 Å². The van der Waals surface area contributed by atoms with Crippen molar-refractivity contribution in [2.24, 2.45) is 4.99 Å². The first kappa shape index (κ1) is 19.5. The Morgan fingerprint density at radius 2 is 1.84 bits per heavy atom. The van der Waals surface area contributed by atoms with Crippen LogP contribution < -0.4 is 15.5 Å². The second-order valence-corrected chi connectivity index (χ2v) is 7.77. The molecule has 2 heterocycles. The lowest BCUT2D eigenvalue weighted by molar-refractivity contribution is 0.384. The van der Waals surface area contributed by atoms with Gasteiger partial charge in [-0.1, -0.05) is 6.07 Å². The number of hydrogen-bond donors (Lipinski definition) is 2. The SMILES string of the molecule is CCNC(=NCCS(=O)(=O)N1CCN(c2ccccn2)CC1)NCC. The van der Waals surface area contributed by atoms with E-state index in [4.69, 9.17) is 0 Å². The molecule has 0 aliphatic carbocycles. The van der Waals surface area contributed by atoms with Crippen LogP contribution in [0.1, 0.15) is 13.8 Å². The van der Waals surface area contributed by atoms with Crippen molar-refractivity contribution < 1.29 is 8.42 Å². The Kier molecular flexibility index (Phi) is 7.45. The fraction of sp³-hybridized carbons (Fsp3) is 0.625. The normalized spacial score (nSPS) is 15.7. The molecule has 0 bridgehead atoms. The third kappa shape index (κ3) is 5.86. The second-order valence-electron chi connectivity index (χ2n) is 5.68. The Balaban J connectivity index is 1.85. The molecule has 0 aromatic carbocycles. The summed E-state index contributed by atoms with van der Waals surface area (Å²) in [7, 11) is -3.29. The molecular formula is C16H28N6O2S. The van der Waals surface area contributed by atoms with Crippen LogP contribution in [0.25, 0.3) is 0 Å². The first-order valence-electron chi connectivity index (χ1n) is 8.72. The van der Waals surface area contributed by atoms with Gasteiger partial charge in [0.2, 0.25) is 10.0 Å². The largest absolute Gasteiger partial charge is 0.357 e. The maximum absolute atomic E-state index is 12.5. The molecule has 0 unspecified atom stereocenters. The fourth-order valence-corrected chi connectivity index (χ4v) is 3.95. The number of aromatic nitrogens is 1. The lowest BCUT2D eigenvalue weighted by atomic mass is 10.3. The minimum atomic E-state index is -3.29. The van der Waals surface area contributed by atoms with E-state index in [-0.39, 0.29) is 12.3 Å². The third-order valence-corrected chi connectivity index (χ3v) is 5.76. The summed E-state index contributed by atoms with van der Waals surface area (Å²) < 4.78 is 26.6. The quantitative estimate of drug-likeness (QED) is 0.524. The summed E-state index contributed by atoms with van der Waals surface area (Å²) in [5.41, 5.74) is 0. The van der Waals surface area contributed by atoms with Crippen molar-refractivity contribution >= 4 is 21.8 Å². The summed E-state index contributed by atoms with van der Waals surface area (Å²) >= 11 is 0. The molecule has 9 heteroatoms. The number of nitrogens with zero attached hydrogens (tertiary/aromatic N) is 4. The van der Waals surface area contributed by atoms with Crippen LogP contribution in [0.5, 0.6) is 0 Å². The van der Waals surface area contributed by atoms with Crippen molar-refractivity contribution in [3.05, 3.63) is 24.4 Å². The van der Waals surface area contributed by atoms with Gasteiger partial charge < -0.3 is 15.5 Å². The van der Waals surface area contributed by atoms with Gasteiger partial charge in [0.25, 0.3) is 0 Å². The fourth-order valence-electron chi connectivity index (χ4n) is 2.65. The van der Waals surface area contributed by atoms with Gasteiger partial charge in [-0.2, -0.15) is 4.31 Å². The lowest BCUT2D eigenvalue weighted by Gasteiger charge is -2.34. The molecule has 140 valence electrons. The van der Waals surface area contributed by atoms with Gasteiger partial charge in [-0.15, -0.1) is 0 Å². The van der Waals surface area contributed by atoms with Crippen molar-refractivity contribution in [2.45, 2.75) is 13.8 Å². The van der Waals surface area contributed by atoms with Gasteiger partial charge in [-0.25, -0.2) is 13.4 Å². The monoisotopic (exact) mass is 368 g/mol. The van der Waals surface area contributed by atoms with Crippen molar-refractivity contribution in [1.82, 2.24) is 19.9 Å². The number of nitrogens with one attached hydrogen (secondary N) is 2. The molecule has 25 heavy (non-hydrogen) atoms. The topological polar surface area (TPSA) is 89.9 Å². The Morgan fingerprint density at radius 3 is 2.40 bits per heavy atom. The predicted octanol–water partition coefficient (Wildman–Crippen LogP) is 0.108. The van der Waals surface area contributed by atoms with Crippen LogP contribution in [-0.2, 0) is 10.0 Å². The van der Waals surface area contributed by atoms with Gasteiger partial charge in [0.15, 0.2) is 5.96 Å². The average molecular weight is 369 g/mol. The highest BCUT2D eigenvalue weighted by molar-refractivity contribution is 7.89. The predicted molar refractivity (Wildman–Crippen MR) is 101 cm³/mol. The maximum atomic E-state index is 12.5.